The van der Waals surface area contributed by atoms with Gasteiger partial charge in [-0.15, -0.1) is 0 Å². The van der Waals surface area contributed by atoms with Crippen LogP contribution in [-0.4, -0.2) is 12.3 Å². The number of benzene rings is 1. The molecule has 0 atom stereocenters. The molecule has 0 radical (unpaired) electrons. The minimum atomic E-state index is 0.291. The van der Waals surface area contributed by atoms with Crippen molar-refractivity contribution in [2.75, 3.05) is 12.8 Å². The van der Waals surface area contributed by atoms with Crippen LogP contribution < -0.4 is 10.5 Å². The maximum Gasteiger partial charge on any atom is 0.222 e. The van der Waals surface area contributed by atoms with E-state index in [4.69, 9.17) is 15.0 Å². The van der Waals surface area contributed by atoms with Crippen molar-refractivity contribution in [2.45, 2.75) is 0 Å². The number of rotatable bonds is 2. The van der Waals surface area contributed by atoms with Crippen LogP contribution in [0.2, 0.25) is 0 Å². The summed E-state index contributed by atoms with van der Waals surface area (Å²) in [6.07, 6.45) is 0. The van der Waals surface area contributed by atoms with Crippen molar-refractivity contribution < 1.29 is 9.26 Å². The Balaban J connectivity index is 2.51. The van der Waals surface area contributed by atoms with Gasteiger partial charge in [-0.3, -0.25) is 0 Å². The third-order valence-corrected chi connectivity index (χ3v) is 2.67. The normalized spacial score (nSPS) is 10.3. The highest BCUT2D eigenvalue weighted by molar-refractivity contribution is 9.10. The highest BCUT2D eigenvalue weighted by atomic mass is 79.9. The van der Waals surface area contributed by atoms with E-state index in [2.05, 4.69) is 21.1 Å². The van der Waals surface area contributed by atoms with Crippen LogP contribution in [0, 0.1) is 0 Å². The number of hydrogen-bond donors (Lipinski definition) is 1. The number of nitrogen functional groups attached to an aromatic ring is 1. The second-order valence-electron chi connectivity index (χ2n) is 2.96. The van der Waals surface area contributed by atoms with Crippen molar-refractivity contribution in [3.63, 3.8) is 0 Å². The third-order valence-electron chi connectivity index (χ3n) is 1.98. The standard InChI is InChI=1S/C10H9BrN2O2/c1-14-6-2-3-8(11)7(4-6)9-5-10(12)15-13-9/h2-5H,12H2,1H3. The first-order chi connectivity index (χ1) is 7.20. The van der Waals surface area contributed by atoms with E-state index in [1.165, 1.54) is 0 Å². The molecule has 1 heterocycles. The van der Waals surface area contributed by atoms with Gasteiger partial charge in [0.2, 0.25) is 5.88 Å². The summed E-state index contributed by atoms with van der Waals surface area (Å²) in [7, 11) is 1.62. The van der Waals surface area contributed by atoms with Gasteiger partial charge in [0.1, 0.15) is 11.4 Å². The van der Waals surface area contributed by atoms with Crippen LogP contribution >= 0.6 is 15.9 Å². The van der Waals surface area contributed by atoms with Crippen molar-refractivity contribution in [2.24, 2.45) is 0 Å². The number of methoxy groups -OCH3 is 1. The van der Waals surface area contributed by atoms with E-state index in [1.54, 1.807) is 13.2 Å². The summed E-state index contributed by atoms with van der Waals surface area (Å²) in [5, 5.41) is 3.84. The van der Waals surface area contributed by atoms with Crippen LogP contribution in [-0.2, 0) is 0 Å². The van der Waals surface area contributed by atoms with Gasteiger partial charge in [-0.25, -0.2) is 0 Å². The third kappa shape index (κ3) is 1.97. The molecule has 5 heteroatoms. The summed E-state index contributed by atoms with van der Waals surface area (Å²) in [5.74, 6) is 1.05. The molecule has 78 valence electrons. The zero-order valence-electron chi connectivity index (χ0n) is 8.03. The molecule has 0 aliphatic heterocycles. The summed E-state index contributed by atoms with van der Waals surface area (Å²) in [5.41, 5.74) is 7.02. The summed E-state index contributed by atoms with van der Waals surface area (Å²) in [6, 6.07) is 7.27. The Bertz CT molecular complexity index is 482. The van der Waals surface area contributed by atoms with E-state index >= 15 is 0 Å². The van der Waals surface area contributed by atoms with Gasteiger partial charge >= 0.3 is 0 Å². The molecule has 0 aliphatic rings. The minimum absolute atomic E-state index is 0.291. The summed E-state index contributed by atoms with van der Waals surface area (Å²) < 4.78 is 10.9. The summed E-state index contributed by atoms with van der Waals surface area (Å²) in [6.45, 7) is 0. The fourth-order valence-corrected chi connectivity index (χ4v) is 1.69. The van der Waals surface area contributed by atoms with E-state index in [0.29, 0.717) is 11.6 Å². The molecule has 2 N–H and O–H groups in total. The lowest BCUT2D eigenvalue weighted by Gasteiger charge is -2.03. The van der Waals surface area contributed by atoms with Gasteiger partial charge in [-0.05, 0) is 18.2 Å². The smallest absolute Gasteiger partial charge is 0.222 e. The van der Waals surface area contributed by atoms with Gasteiger partial charge < -0.3 is 15.0 Å². The molecule has 2 rings (SSSR count). The fraction of sp³-hybridized carbons (Fsp3) is 0.100. The Morgan fingerprint density at radius 2 is 2.20 bits per heavy atom. The fourth-order valence-electron chi connectivity index (χ4n) is 1.24. The number of anilines is 1. The van der Waals surface area contributed by atoms with Gasteiger partial charge in [0.15, 0.2) is 0 Å². The van der Waals surface area contributed by atoms with Crippen LogP contribution in [0.3, 0.4) is 0 Å². The lowest BCUT2D eigenvalue weighted by Crippen LogP contribution is -1.85. The van der Waals surface area contributed by atoms with Crippen molar-refractivity contribution in [3.8, 4) is 17.0 Å². The van der Waals surface area contributed by atoms with Gasteiger partial charge in [0, 0.05) is 16.1 Å². The van der Waals surface area contributed by atoms with Crippen molar-refractivity contribution >= 4 is 21.8 Å². The first-order valence-corrected chi connectivity index (χ1v) is 5.06. The molecule has 2 aromatic rings. The Hall–Kier alpha value is -1.49. The van der Waals surface area contributed by atoms with Crippen molar-refractivity contribution in [1.29, 1.82) is 0 Å². The first-order valence-electron chi connectivity index (χ1n) is 4.27. The van der Waals surface area contributed by atoms with Crippen LogP contribution in [0.1, 0.15) is 0 Å². The maximum atomic E-state index is 5.46. The quantitative estimate of drug-likeness (QED) is 0.910. The molecule has 0 saturated heterocycles. The molecular formula is C10H9BrN2O2. The zero-order valence-corrected chi connectivity index (χ0v) is 9.61. The van der Waals surface area contributed by atoms with Crippen LogP contribution in [0.25, 0.3) is 11.3 Å². The van der Waals surface area contributed by atoms with Crippen molar-refractivity contribution in [3.05, 3.63) is 28.7 Å². The number of aromatic nitrogens is 1. The summed E-state index contributed by atoms with van der Waals surface area (Å²) >= 11 is 3.43. The SMILES string of the molecule is COc1ccc(Br)c(-c2cc(N)on2)c1. The monoisotopic (exact) mass is 268 g/mol. The highest BCUT2D eigenvalue weighted by Gasteiger charge is 2.09. The summed E-state index contributed by atoms with van der Waals surface area (Å²) in [4.78, 5) is 0. The van der Waals surface area contributed by atoms with E-state index in [9.17, 15) is 0 Å². The Morgan fingerprint density at radius 1 is 1.40 bits per heavy atom. The molecule has 0 saturated carbocycles. The number of hydrogen-bond acceptors (Lipinski definition) is 4. The largest absolute Gasteiger partial charge is 0.497 e. The second-order valence-corrected chi connectivity index (χ2v) is 3.81. The molecule has 1 aromatic carbocycles. The zero-order chi connectivity index (χ0) is 10.8. The Morgan fingerprint density at radius 3 is 2.80 bits per heavy atom. The van der Waals surface area contributed by atoms with Gasteiger partial charge in [0.25, 0.3) is 0 Å². The molecule has 0 amide bonds. The van der Waals surface area contributed by atoms with E-state index < -0.39 is 0 Å². The topological polar surface area (TPSA) is 61.3 Å². The average Bonchev–Trinajstić information content (AvgIpc) is 2.65. The van der Waals surface area contributed by atoms with Crippen LogP contribution in [0.4, 0.5) is 5.88 Å². The van der Waals surface area contributed by atoms with Crippen molar-refractivity contribution in [1.82, 2.24) is 5.16 Å². The molecule has 15 heavy (non-hydrogen) atoms. The van der Waals surface area contributed by atoms with E-state index in [0.717, 1.165) is 15.8 Å². The first kappa shape index (κ1) is 10.0. The molecule has 0 fully saturated rings. The van der Waals surface area contributed by atoms with E-state index in [-0.39, 0.29) is 0 Å². The Kier molecular flexibility index (Phi) is 2.64. The average molecular weight is 269 g/mol. The second kappa shape index (κ2) is 3.94. The minimum Gasteiger partial charge on any atom is -0.497 e. The number of nitrogens with two attached hydrogens (primary N) is 1. The number of halogens is 1. The van der Waals surface area contributed by atoms with Gasteiger partial charge in [-0.1, -0.05) is 21.1 Å². The van der Waals surface area contributed by atoms with Crippen LogP contribution in [0.5, 0.6) is 5.75 Å². The Labute approximate surface area is 95.1 Å². The van der Waals surface area contributed by atoms with Gasteiger partial charge in [0.05, 0.1) is 7.11 Å². The van der Waals surface area contributed by atoms with Crippen LogP contribution in [0.15, 0.2) is 33.3 Å². The molecule has 0 bridgehead atoms. The maximum absolute atomic E-state index is 5.46. The van der Waals surface area contributed by atoms with Gasteiger partial charge in [-0.2, -0.15) is 0 Å². The predicted octanol–water partition coefficient (Wildman–Crippen LogP) is 2.69. The number of nitrogens with zero attached hydrogens (tertiary/aromatic N) is 1. The molecule has 4 nitrogen and oxygen atoms in total. The number of ether oxygens (including phenoxy) is 1. The molecule has 0 unspecified atom stereocenters. The molecule has 0 aliphatic carbocycles. The predicted molar refractivity (Wildman–Crippen MR) is 60.6 cm³/mol. The lowest BCUT2D eigenvalue weighted by molar-refractivity contribution is 0.414. The van der Waals surface area contributed by atoms with E-state index in [1.807, 2.05) is 18.2 Å². The lowest BCUT2D eigenvalue weighted by atomic mass is 10.1. The highest BCUT2D eigenvalue weighted by Crippen LogP contribution is 2.31. The molecule has 0 spiro atoms. The molecular weight excluding hydrogens is 260 g/mol. The molecule has 1 aromatic heterocycles.